The molecule has 0 fully saturated rings. The molecule has 1 heterocycles. The molecular weight excluding hydrogens is 308 g/mol. The van der Waals surface area contributed by atoms with Gasteiger partial charge in [0.25, 0.3) is 0 Å². The number of carbonyl (C=O) groups is 1. The van der Waals surface area contributed by atoms with Crippen molar-refractivity contribution in [3.8, 4) is 0 Å². The van der Waals surface area contributed by atoms with Gasteiger partial charge in [0.2, 0.25) is 0 Å². The molecule has 0 aliphatic carbocycles. The Morgan fingerprint density at radius 1 is 0.760 bits per heavy atom. The van der Waals surface area contributed by atoms with E-state index >= 15 is 0 Å². The molecule has 0 spiro atoms. The number of anilines is 2. The van der Waals surface area contributed by atoms with Gasteiger partial charge >= 0.3 is 6.03 Å². The largest absolute Gasteiger partial charge is 0.333 e. The van der Waals surface area contributed by atoms with E-state index in [1.165, 1.54) is 0 Å². The average molecular weight is 326 g/mol. The van der Waals surface area contributed by atoms with Crippen LogP contribution in [0, 0.1) is 0 Å². The number of urea groups is 1. The van der Waals surface area contributed by atoms with Gasteiger partial charge in [-0.05, 0) is 29.8 Å². The molecule has 0 atom stereocenters. The van der Waals surface area contributed by atoms with Crippen LogP contribution in [0.3, 0.4) is 0 Å². The number of rotatable bonds is 2. The Kier molecular flexibility index (Phi) is 3.82. The van der Waals surface area contributed by atoms with Gasteiger partial charge in [0.15, 0.2) is 0 Å². The Morgan fingerprint density at radius 3 is 2.08 bits per heavy atom. The van der Waals surface area contributed by atoms with E-state index in [4.69, 9.17) is 0 Å². The zero-order chi connectivity index (χ0) is 17.2. The third kappa shape index (κ3) is 2.70. The molecule has 1 aliphatic heterocycles. The lowest BCUT2D eigenvalue weighted by molar-refractivity contribution is 0.254. The Morgan fingerprint density at radius 2 is 1.36 bits per heavy atom. The van der Waals surface area contributed by atoms with Crippen molar-refractivity contribution in [1.29, 1.82) is 0 Å². The van der Waals surface area contributed by atoms with Crippen LogP contribution in [-0.4, -0.2) is 13.1 Å². The maximum absolute atomic E-state index is 13.1. The zero-order valence-corrected chi connectivity index (χ0v) is 14.0. The molecule has 122 valence electrons. The summed E-state index contributed by atoms with van der Waals surface area (Å²) < 4.78 is 0. The minimum absolute atomic E-state index is 0.0629. The van der Waals surface area contributed by atoms with Gasteiger partial charge in [0.05, 0.1) is 17.1 Å². The molecule has 25 heavy (non-hydrogen) atoms. The normalized spacial score (nSPS) is 15.4. The second kappa shape index (κ2) is 6.29. The minimum Gasteiger partial charge on any atom is -0.296 e. The molecule has 4 rings (SSSR count). The molecule has 0 saturated carbocycles. The summed E-state index contributed by atoms with van der Waals surface area (Å²) in [5.74, 6) is 0. The molecule has 3 nitrogen and oxygen atoms in total. The Hall–Kier alpha value is -3.33. The van der Waals surface area contributed by atoms with Gasteiger partial charge in [0, 0.05) is 12.6 Å². The quantitative estimate of drug-likeness (QED) is 0.630. The number of nitrogens with zero attached hydrogens (tertiary/aromatic N) is 2. The maximum atomic E-state index is 13.1. The number of para-hydroxylation sites is 2. The summed E-state index contributed by atoms with van der Waals surface area (Å²) in [7, 11) is 1.82. The van der Waals surface area contributed by atoms with E-state index in [0.717, 1.165) is 28.2 Å². The number of amides is 2. The molecule has 3 aromatic rings. The van der Waals surface area contributed by atoms with Crippen LogP contribution in [0.15, 0.2) is 84.9 Å². The Bertz CT molecular complexity index is 933. The molecule has 1 aliphatic rings. The van der Waals surface area contributed by atoms with Crippen LogP contribution in [0.4, 0.5) is 16.2 Å². The van der Waals surface area contributed by atoms with E-state index in [-0.39, 0.29) is 6.03 Å². The fourth-order valence-corrected chi connectivity index (χ4v) is 3.14. The van der Waals surface area contributed by atoms with Crippen molar-refractivity contribution in [2.45, 2.75) is 0 Å². The summed E-state index contributed by atoms with van der Waals surface area (Å²) in [6.45, 7) is 0. The summed E-state index contributed by atoms with van der Waals surface area (Å²) in [6.07, 6.45) is 2.07. The standard InChI is InChI=1S/C22H18N2O/c1-23-20-15-9-8-14-19(20)21(16-17-10-4-2-5-11-17)24(22(23)25)18-12-6-3-7-13-18/h2-16H,1H3/b21-16+. The van der Waals surface area contributed by atoms with Crippen LogP contribution in [0.5, 0.6) is 0 Å². The lowest BCUT2D eigenvalue weighted by atomic mass is 10.0. The molecule has 3 heteroatoms. The lowest BCUT2D eigenvalue weighted by Gasteiger charge is -2.37. The van der Waals surface area contributed by atoms with Crippen molar-refractivity contribution in [3.63, 3.8) is 0 Å². The minimum atomic E-state index is -0.0629. The smallest absolute Gasteiger partial charge is 0.296 e. The predicted octanol–water partition coefficient (Wildman–Crippen LogP) is 5.26. The van der Waals surface area contributed by atoms with E-state index in [1.807, 2.05) is 85.9 Å². The second-order valence-corrected chi connectivity index (χ2v) is 5.97. The third-order valence-corrected chi connectivity index (χ3v) is 4.38. The predicted molar refractivity (Wildman–Crippen MR) is 103 cm³/mol. The highest BCUT2D eigenvalue weighted by Crippen LogP contribution is 2.39. The van der Waals surface area contributed by atoms with Gasteiger partial charge in [-0.3, -0.25) is 9.80 Å². The van der Waals surface area contributed by atoms with Crippen molar-refractivity contribution in [2.75, 3.05) is 16.8 Å². The fraction of sp³-hybridized carbons (Fsp3) is 0.0455. The molecule has 3 aromatic carbocycles. The van der Waals surface area contributed by atoms with Crippen molar-refractivity contribution in [2.24, 2.45) is 0 Å². The highest BCUT2D eigenvalue weighted by atomic mass is 16.2. The third-order valence-electron chi connectivity index (χ3n) is 4.38. The van der Waals surface area contributed by atoms with Crippen molar-refractivity contribution in [3.05, 3.63) is 96.1 Å². The van der Waals surface area contributed by atoms with Crippen LogP contribution in [0.2, 0.25) is 0 Å². The molecule has 0 saturated heterocycles. The Labute approximate surface area is 147 Å². The van der Waals surface area contributed by atoms with Crippen LogP contribution in [-0.2, 0) is 0 Å². The topological polar surface area (TPSA) is 23.6 Å². The number of carbonyl (C=O) groups excluding carboxylic acids is 1. The molecule has 0 bridgehead atoms. The summed E-state index contributed by atoms with van der Waals surface area (Å²) in [5, 5.41) is 0. The van der Waals surface area contributed by atoms with Gasteiger partial charge in [0.1, 0.15) is 0 Å². The molecule has 0 radical (unpaired) electrons. The Balaban J connectivity index is 1.95. The van der Waals surface area contributed by atoms with Gasteiger partial charge in [-0.15, -0.1) is 0 Å². The van der Waals surface area contributed by atoms with Crippen molar-refractivity contribution < 1.29 is 4.79 Å². The first-order valence-corrected chi connectivity index (χ1v) is 8.25. The molecule has 2 amide bonds. The van der Waals surface area contributed by atoms with E-state index in [0.29, 0.717) is 0 Å². The van der Waals surface area contributed by atoms with Gasteiger partial charge in [-0.2, -0.15) is 0 Å². The highest BCUT2D eigenvalue weighted by molar-refractivity contribution is 6.19. The first-order valence-electron chi connectivity index (χ1n) is 8.25. The maximum Gasteiger partial charge on any atom is 0.333 e. The van der Waals surface area contributed by atoms with Crippen molar-refractivity contribution in [1.82, 2.24) is 0 Å². The van der Waals surface area contributed by atoms with Crippen molar-refractivity contribution >= 4 is 29.2 Å². The van der Waals surface area contributed by atoms with E-state index in [2.05, 4.69) is 12.1 Å². The summed E-state index contributed by atoms with van der Waals surface area (Å²) in [6, 6.07) is 27.8. The van der Waals surface area contributed by atoms with Gasteiger partial charge in [-0.25, -0.2) is 4.79 Å². The fourth-order valence-electron chi connectivity index (χ4n) is 3.14. The zero-order valence-electron chi connectivity index (χ0n) is 14.0. The highest BCUT2D eigenvalue weighted by Gasteiger charge is 2.32. The SMILES string of the molecule is CN1C(=O)N(c2ccccc2)/C(=C/c2ccccc2)c2ccccc21. The van der Waals surface area contributed by atoms with E-state index in [9.17, 15) is 4.79 Å². The van der Waals surface area contributed by atoms with Crippen LogP contribution < -0.4 is 9.80 Å². The van der Waals surface area contributed by atoms with E-state index in [1.54, 1.807) is 9.80 Å². The van der Waals surface area contributed by atoms with Crippen LogP contribution >= 0.6 is 0 Å². The van der Waals surface area contributed by atoms with Gasteiger partial charge < -0.3 is 0 Å². The molecule has 0 N–H and O–H groups in total. The number of fused-ring (bicyclic) bond motifs is 1. The molecular formula is C22H18N2O. The molecule has 0 unspecified atom stereocenters. The average Bonchev–Trinajstić information content (AvgIpc) is 2.68. The van der Waals surface area contributed by atoms with Crippen LogP contribution in [0.25, 0.3) is 11.8 Å². The number of hydrogen-bond acceptors (Lipinski definition) is 1. The number of hydrogen-bond donors (Lipinski definition) is 0. The first kappa shape index (κ1) is 15.2. The second-order valence-electron chi connectivity index (χ2n) is 5.97. The summed E-state index contributed by atoms with van der Waals surface area (Å²) in [4.78, 5) is 16.6. The first-order chi connectivity index (χ1) is 12.3. The monoisotopic (exact) mass is 326 g/mol. The lowest BCUT2D eigenvalue weighted by Crippen LogP contribution is -2.44. The summed E-state index contributed by atoms with van der Waals surface area (Å²) >= 11 is 0. The summed E-state index contributed by atoms with van der Waals surface area (Å²) in [5.41, 5.74) is 4.76. The van der Waals surface area contributed by atoms with Crippen LogP contribution in [0.1, 0.15) is 11.1 Å². The molecule has 0 aromatic heterocycles. The van der Waals surface area contributed by atoms with Gasteiger partial charge in [-0.1, -0.05) is 66.7 Å². The van der Waals surface area contributed by atoms with E-state index < -0.39 is 0 Å². The number of benzene rings is 3.